The molecule has 1 aliphatic carbocycles. The molecule has 0 aromatic rings. The van der Waals surface area contributed by atoms with Gasteiger partial charge in [0.1, 0.15) is 0 Å². The SMILES string of the molecule is CCCNC1COCC1C(=O)N(C)C1CCCC(C)C1. The minimum absolute atomic E-state index is 0.00350. The van der Waals surface area contributed by atoms with Crippen LogP contribution in [0.2, 0.25) is 0 Å². The molecule has 0 aromatic heterocycles. The molecule has 1 heterocycles. The van der Waals surface area contributed by atoms with E-state index in [1.165, 1.54) is 12.8 Å². The first-order valence-corrected chi connectivity index (χ1v) is 8.21. The minimum Gasteiger partial charge on any atom is -0.379 e. The van der Waals surface area contributed by atoms with Gasteiger partial charge in [0.05, 0.1) is 19.1 Å². The number of hydrogen-bond donors (Lipinski definition) is 1. The van der Waals surface area contributed by atoms with Crippen molar-refractivity contribution in [2.45, 2.75) is 58.0 Å². The molecule has 1 saturated heterocycles. The van der Waals surface area contributed by atoms with Gasteiger partial charge < -0.3 is 15.0 Å². The van der Waals surface area contributed by atoms with E-state index < -0.39 is 0 Å². The Balaban J connectivity index is 1.91. The van der Waals surface area contributed by atoms with E-state index in [1.807, 2.05) is 11.9 Å². The first kappa shape index (κ1) is 15.8. The molecule has 0 bridgehead atoms. The van der Waals surface area contributed by atoms with Crippen LogP contribution >= 0.6 is 0 Å². The lowest BCUT2D eigenvalue weighted by molar-refractivity contribution is -0.137. The Labute approximate surface area is 123 Å². The lowest BCUT2D eigenvalue weighted by atomic mass is 9.86. The topological polar surface area (TPSA) is 41.6 Å². The number of amides is 1. The number of rotatable bonds is 5. The summed E-state index contributed by atoms with van der Waals surface area (Å²) in [5, 5.41) is 3.46. The summed E-state index contributed by atoms with van der Waals surface area (Å²) in [5.41, 5.74) is 0. The largest absolute Gasteiger partial charge is 0.379 e. The Hall–Kier alpha value is -0.610. The average molecular weight is 282 g/mol. The van der Waals surface area contributed by atoms with E-state index in [1.54, 1.807) is 0 Å². The van der Waals surface area contributed by atoms with Crippen LogP contribution < -0.4 is 5.32 Å². The number of hydrogen-bond acceptors (Lipinski definition) is 3. The predicted octanol–water partition coefficient (Wildman–Crippen LogP) is 2.04. The van der Waals surface area contributed by atoms with Crippen molar-refractivity contribution in [3.8, 4) is 0 Å². The molecule has 116 valence electrons. The van der Waals surface area contributed by atoms with Crippen LogP contribution in [-0.4, -0.2) is 49.7 Å². The lowest BCUT2D eigenvalue weighted by Gasteiger charge is -2.36. The Morgan fingerprint density at radius 1 is 1.35 bits per heavy atom. The van der Waals surface area contributed by atoms with Gasteiger partial charge in [0, 0.05) is 19.1 Å². The standard InChI is InChI=1S/C16H30N2O2/c1-4-8-17-15-11-20-10-14(15)16(19)18(3)13-7-5-6-12(2)9-13/h12-15,17H,4-11H2,1-3H3. The first-order chi connectivity index (χ1) is 9.63. The summed E-state index contributed by atoms with van der Waals surface area (Å²) in [7, 11) is 1.99. The predicted molar refractivity (Wildman–Crippen MR) is 80.6 cm³/mol. The van der Waals surface area contributed by atoms with Crippen molar-refractivity contribution in [2.75, 3.05) is 26.8 Å². The van der Waals surface area contributed by atoms with Crippen LogP contribution in [0.1, 0.15) is 46.0 Å². The Morgan fingerprint density at radius 2 is 2.15 bits per heavy atom. The molecule has 4 heteroatoms. The monoisotopic (exact) mass is 282 g/mol. The van der Waals surface area contributed by atoms with Gasteiger partial charge in [-0.25, -0.2) is 0 Å². The minimum atomic E-state index is 0.00350. The summed E-state index contributed by atoms with van der Waals surface area (Å²) in [5.74, 6) is 1.02. The Bertz CT molecular complexity index is 322. The van der Waals surface area contributed by atoms with Crippen LogP contribution in [0.25, 0.3) is 0 Å². The first-order valence-electron chi connectivity index (χ1n) is 8.21. The Kier molecular flexibility index (Phi) is 5.85. The second kappa shape index (κ2) is 7.41. The number of carbonyl (C=O) groups is 1. The van der Waals surface area contributed by atoms with E-state index in [2.05, 4.69) is 19.2 Å². The maximum atomic E-state index is 12.7. The summed E-state index contributed by atoms with van der Waals surface area (Å²) >= 11 is 0. The molecular weight excluding hydrogens is 252 g/mol. The van der Waals surface area contributed by atoms with Crippen LogP contribution in [0.4, 0.5) is 0 Å². The van der Waals surface area contributed by atoms with Crippen molar-refractivity contribution in [3.05, 3.63) is 0 Å². The third-order valence-electron chi connectivity index (χ3n) is 4.86. The molecule has 2 fully saturated rings. The van der Waals surface area contributed by atoms with E-state index in [4.69, 9.17) is 4.74 Å². The summed E-state index contributed by atoms with van der Waals surface area (Å²) in [4.78, 5) is 14.7. The van der Waals surface area contributed by atoms with Gasteiger partial charge in [-0.15, -0.1) is 0 Å². The van der Waals surface area contributed by atoms with Crippen LogP contribution in [0.15, 0.2) is 0 Å². The van der Waals surface area contributed by atoms with Gasteiger partial charge in [0.15, 0.2) is 0 Å². The maximum Gasteiger partial charge on any atom is 0.229 e. The van der Waals surface area contributed by atoms with E-state index in [9.17, 15) is 4.79 Å². The van der Waals surface area contributed by atoms with E-state index in [-0.39, 0.29) is 17.9 Å². The molecule has 20 heavy (non-hydrogen) atoms. The number of carbonyl (C=O) groups excluding carboxylic acids is 1. The van der Waals surface area contributed by atoms with Gasteiger partial charge in [-0.2, -0.15) is 0 Å². The van der Waals surface area contributed by atoms with Crippen molar-refractivity contribution in [3.63, 3.8) is 0 Å². The zero-order chi connectivity index (χ0) is 14.5. The van der Waals surface area contributed by atoms with Crippen LogP contribution in [0, 0.1) is 11.8 Å². The highest BCUT2D eigenvalue weighted by Gasteiger charge is 2.37. The third-order valence-corrected chi connectivity index (χ3v) is 4.86. The van der Waals surface area contributed by atoms with Crippen molar-refractivity contribution < 1.29 is 9.53 Å². The average Bonchev–Trinajstić information content (AvgIpc) is 2.91. The van der Waals surface area contributed by atoms with Gasteiger partial charge in [0.25, 0.3) is 0 Å². The van der Waals surface area contributed by atoms with E-state index in [0.717, 1.165) is 31.7 Å². The van der Waals surface area contributed by atoms with Crippen LogP contribution in [0.5, 0.6) is 0 Å². The second-order valence-corrected chi connectivity index (χ2v) is 6.58. The van der Waals surface area contributed by atoms with Crippen molar-refractivity contribution in [1.29, 1.82) is 0 Å². The summed E-state index contributed by atoms with van der Waals surface area (Å²) in [6.45, 7) is 6.66. The van der Waals surface area contributed by atoms with Crippen molar-refractivity contribution in [1.82, 2.24) is 10.2 Å². The molecule has 1 saturated carbocycles. The molecule has 0 aromatic carbocycles. The zero-order valence-corrected chi connectivity index (χ0v) is 13.2. The van der Waals surface area contributed by atoms with Crippen LogP contribution in [0.3, 0.4) is 0 Å². The van der Waals surface area contributed by atoms with Gasteiger partial charge in [-0.05, 0) is 31.7 Å². The number of nitrogens with one attached hydrogen (secondary N) is 1. The number of nitrogens with zero attached hydrogens (tertiary/aromatic N) is 1. The highest BCUT2D eigenvalue weighted by molar-refractivity contribution is 5.80. The van der Waals surface area contributed by atoms with Crippen molar-refractivity contribution in [2.24, 2.45) is 11.8 Å². The van der Waals surface area contributed by atoms with E-state index >= 15 is 0 Å². The summed E-state index contributed by atoms with van der Waals surface area (Å²) in [6.07, 6.45) is 5.97. The molecule has 2 rings (SSSR count). The molecule has 1 aliphatic heterocycles. The fraction of sp³-hybridized carbons (Fsp3) is 0.938. The molecule has 4 nitrogen and oxygen atoms in total. The molecule has 1 amide bonds. The fourth-order valence-electron chi connectivity index (χ4n) is 3.52. The van der Waals surface area contributed by atoms with E-state index in [0.29, 0.717) is 19.3 Å². The molecule has 1 N–H and O–H groups in total. The van der Waals surface area contributed by atoms with Gasteiger partial charge in [-0.3, -0.25) is 4.79 Å². The maximum absolute atomic E-state index is 12.7. The molecule has 4 atom stereocenters. The van der Waals surface area contributed by atoms with Gasteiger partial charge in [0.2, 0.25) is 5.91 Å². The van der Waals surface area contributed by atoms with Crippen LogP contribution in [-0.2, 0) is 9.53 Å². The molecule has 2 aliphatic rings. The summed E-state index contributed by atoms with van der Waals surface area (Å²) < 4.78 is 5.54. The normalized spacial score (nSPS) is 34.1. The molecule has 4 unspecified atom stereocenters. The third kappa shape index (κ3) is 3.73. The highest BCUT2D eigenvalue weighted by Crippen LogP contribution is 2.28. The van der Waals surface area contributed by atoms with Crippen molar-refractivity contribution >= 4 is 5.91 Å². The molecule has 0 spiro atoms. The smallest absolute Gasteiger partial charge is 0.229 e. The van der Waals surface area contributed by atoms with Gasteiger partial charge >= 0.3 is 0 Å². The highest BCUT2D eigenvalue weighted by atomic mass is 16.5. The quantitative estimate of drug-likeness (QED) is 0.839. The lowest BCUT2D eigenvalue weighted by Crippen LogP contribution is -2.48. The number of ether oxygens (including phenoxy) is 1. The molecule has 0 radical (unpaired) electrons. The Morgan fingerprint density at radius 3 is 2.85 bits per heavy atom. The fourth-order valence-corrected chi connectivity index (χ4v) is 3.52. The summed E-state index contributed by atoms with van der Waals surface area (Å²) in [6, 6.07) is 0.629. The molecular formula is C16H30N2O2. The van der Waals surface area contributed by atoms with Gasteiger partial charge in [-0.1, -0.05) is 26.7 Å². The zero-order valence-electron chi connectivity index (χ0n) is 13.2. The second-order valence-electron chi connectivity index (χ2n) is 6.58.